The minimum absolute atomic E-state index is 0.0463. The lowest BCUT2D eigenvalue weighted by atomic mass is 9.33. The molecule has 0 bridgehead atoms. The molecule has 12 nitrogen and oxygen atoms in total. The molecule has 17 atom stereocenters. The number of carbonyl (C=O) groups is 1. The van der Waals surface area contributed by atoms with Crippen LogP contribution >= 0.6 is 0 Å². The molecule has 1 aromatic rings. The van der Waals surface area contributed by atoms with Gasteiger partial charge in [-0.25, -0.2) is 0 Å². The predicted molar refractivity (Wildman–Crippen MR) is 200 cm³/mol. The van der Waals surface area contributed by atoms with Crippen molar-refractivity contribution in [3.05, 3.63) is 47.5 Å². The Bertz CT molecular complexity index is 1610. The molecule has 12 heteroatoms. The Morgan fingerprint density at radius 2 is 1.64 bits per heavy atom. The maximum Gasteiger partial charge on any atom is 0.312 e. The average molecular weight is 773 g/mol. The standard InChI is InChI=1S/C43H64O12/c1-38(23-45)17-26-25-11-12-29-39(2)18-28(53-21-24-9-7-6-8-10-24)35(55-36-34(50)33(49)27(46)22-54-36)42(5,32(48)20-44)30(39)13-14-41(29,4)40(25,3)15-16-43(26,37(51)52)31(47)19-38/h6-11,26-36,44-50H,12-23H2,1-5H3,(H,51,52). The zero-order chi connectivity index (χ0) is 39.9. The molecular formula is C43H64O12. The van der Waals surface area contributed by atoms with E-state index in [9.17, 15) is 45.6 Å². The minimum atomic E-state index is -1.56. The number of ether oxygens (including phenoxy) is 3. The monoisotopic (exact) mass is 772 g/mol. The Labute approximate surface area is 324 Å². The van der Waals surface area contributed by atoms with E-state index in [4.69, 9.17) is 14.2 Å². The molecule has 0 radical (unpaired) electrons. The van der Waals surface area contributed by atoms with Crippen molar-refractivity contribution >= 4 is 5.97 Å². The highest BCUT2D eigenvalue weighted by Gasteiger charge is 2.73. The lowest BCUT2D eigenvalue weighted by Crippen LogP contribution is -2.71. The van der Waals surface area contributed by atoms with E-state index in [1.807, 2.05) is 44.2 Å². The third-order valence-electron chi connectivity index (χ3n) is 16.9. The van der Waals surface area contributed by atoms with Crippen LogP contribution in [0.1, 0.15) is 91.5 Å². The fourth-order valence-corrected chi connectivity index (χ4v) is 13.5. The van der Waals surface area contributed by atoms with E-state index < -0.39 is 94.6 Å². The Kier molecular flexibility index (Phi) is 10.8. The fourth-order valence-electron chi connectivity index (χ4n) is 13.5. The Hall–Kier alpha value is -1.97. The number of carboxylic acid groups (broad SMARTS) is 1. The van der Waals surface area contributed by atoms with Gasteiger partial charge in [-0.2, -0.15) is 0 Å². The molecule has 0 amide bonds. The molecular weight excluding hydrogens is 708 g/mol. The summed E-state index contributed by atoms with van der Waals surface area (Å²) < 4.78 is 19.2. The third-order valence-corrected chi connectivity index (χ3v) is 16.9. The molecule has 7 rings (SSSR count). The third kappa shape index (κ3) is 6.02. The van der Waals surface area contributed by atoms with Crippen LogP contribution in [-0.4, -0.2) is 116 Å². The average Bonchev–Trinajstić information content (AvgIpc) is 3.15. The molecule has 1 saturated heterocycles. The number of aliphatic hydroxyl groups is 7. The number of hydrogen-bond acceptors (Lipinski definition) is 11. The van der Waals surface area contributed by atoms with Crippen LogP contribution in [-0.2, 0) is 25.6 Å². The van der Waals surface area contributed by atoms with Crippen LogP contribution in [0.15, 0.2) is 42.0 Å². The fraction of sp³-hybridized carbons (Fsp3) is 0.791. The van der Waals surface area contributed by atoms with Gasteiger partial charge in [-0.1, -0.05) is 76.6 Å². The molecule has 17 unspecified atom stereocenters. The number of carboxylic acids is 1. The summed E-state index contributed by atoms with van der Waals surface area (Å²) in [6, 6.07) is 9.72. The number of hydrogen-bond donors (Lipinski definition) is 8. The van der Waals surface area contributed by atoms with E-state index in [1.54, 1.807) is 0 Å². The summed E-state index contributed by atoms with van der Waals surface area (Å²) >= 11 is 0. The van der Waals surface area contributed by atoms with Gasteiger partial charge in [0.05, 0.1) is 44.2 Å². The van der Waals surface area contributed by atoms with Crippen molar-refractivity contribution in [3.63, 3.8) is 0 Å². The Morgan fingerprint density at radius 1 is 0.927 bits per heavy atom. The zero-order valence-electron chi connectivity index (χ0n) is 33.0. The molecule has 0 spiro atoms. The summed E-state index contributed by atoms with van der Waals surface area (Å²) in [7, 11) is 0. The van der Waals surface area contributed by atoms with Crippen LogP contribution in [0.25, 0.3) is 0 Å². The summed E-state index contributed by atoms with van der Waals surface area (Å²) in [5.41, 5.74) is -2.28. The largest absolute Gasteiger partial charge is 0.481 e. The Balaban J connectivity index is 1.31. The van der Waals surface area contributed by atoms with E-state index >= 15 is 0 Å². The highest BCUT2D eigenvalue weighted by Crippen LogP contribution is 2.76. The second-order valence-electron chi connectivity index (χ2n) is 19.5. The van der Waals surface area contributed by atoms with Crippen molar-refractivity contribution in [1.82, 2.24) is 0 Å². The first-order valence-corrected chi connectivity index (χ1v) is 20.3. The number of aliphatic hydroxyl groups excluding tert-OH is 7. The molecule has 1 aromatic carbocycles. The van der Waals surface area contributed by atoms with Gasteiger partial charge in [0.25, 0.3) is 0 Å². The summed E-state index contributed by atoms with van der Waals surface area (Å²) in [5, 5.41) is 87.4. The van der Waals surface area contributed by atoms with Crippen LogP contribution < -0.4 is 0 Å². The smallest absolute Gasteiger partial charge is 0.312 e. The summed E-state index contributed by atoms with van der Waals surface area (Å²) in [5.74, 6) is -1.57. The van der Waals surface area contributed by atoms with Gasteiger partial charge < -0.3 is 55.1 Å². The van der Waals surface area contributed by atoms with Gasteiger partial charge in [0.15, 0.2) is 6.29 Å². The number of rotatable bonds is 9. The molecule has 308 valence electrons. The van der Waals surface area contributed by atoms with Crippen molar-refractivity contribution in [3.8, 4) is 0 Å². The van der Waals surface area contributed by atoms with E-state index in [0.29, 0.717) is 38.5 Å². The molecule has 5 aliphatic carbocycles. The van der Waals surface area contributed by atoms with Crippen molar-refractivity contribution in [2.24, 2.45) is 50.2 Å². The molecule has 0 aromatic heterocycles. The zero-order valence-corrected chi connectivity index (χ0v) is 33.0. The molecule has 6 aliphatic rings. The highest BCUT2D eigenvalue weighted by atomic mass is 16.7. The SMILES string of the molecule is CC1(CO)CC(O)C2(C(=O)O)CCC3(C)C(=CCC4C5(C)CC(OCc6ccccc6)C(OC6OCC(O)C(O)C6O)C(C)(C(O)CO)C5CCC43C)C2C1. The van der Waals surface area contributed by atoms with Crippen LogP contribution in [0.3, 0.4) is 0 Å². The normalized spacial score (nSPS) is 50.1. The second kappa shape index (κ2) is 14.4. The van der Waals surface area contributed by atoms with Gasteiger partial charge in [0.2, 0.25) is 0 Å². The maximum absolute atomic E-state index is 13.2. The molecule has 55 heavy (non-hydrogen) atoms. The van der Waals surface area contributed by atoms with Crippen LogP contribution in [0.2, 0.25) is 0 Å². The topological polar surface area (TPSA) is 207 Å². The first-order chi connectivity index (χ1) is 25.9. The van der Waals surface area contributed by atoms with Crippen molar-refractivity contribution < 1.29 is 59.9 Å². The summed E-state index contributed by atoms with van der Waals surface area (Å²) in [6.07, 6.45) is -3.10. The van der Waals surface area contributed by atoms with Gasteiger partial charge >= 0.3 is 5.97 Å². The van der Waals surface area contributed by atoms with Crippen LogP contribution in [0.5, 0.6) is 0 Å². The van der Waals surface area contributed by atoms with Gasteiger partial charge in [0.1, 0.15) is 23.7 Å². The highest BCUT2D eigenvalue weighted by molar-refractivity contribution is 5.77. The minimum Gasteiger partial charge on any atom is -0.481 e. The van der Waals surface area contributed by atoms with E-state index in [0.717, 1.165) is 17.6 Å². The van der Waals surface area contributed by atoms with Crippen LogP contribution in [0, 0.1) is 50.2 Å². The number of allylic oxidation sites excluding steroid dienone is 2. The molecule has 8 N–H and O–H groups in total. The van der Waals surface area contributed by atoms with Gasteiger partial charge in [-0.15, -0.1) is 0 Å². The van der Waals surface area contributed by atoms with Crippen molar-refractivity contribution in [1.29, 1.82) is 0 Å². The lowest BCUT2D eigenvalue weighted by Gasteiger charge is -2.72. The van der Waals surface area contributed by atoms with Gasteiger partial charge in [-0.05, 0) is 96.3 Å². The molecule has 4 saturated carbocycles. The number of benzene rings is 1. The first-order valence-electron chi connectivity index (χ1n) is 20.3. The molecule has 1 aliphatic heterocycles. The lowest BCUT2D eigenvalue weighted by molar-refractivity contribution is -0.340. The number of aliphatic carboxylic acids is 1. The van der Waals surface area contributed by atoms with Gasteiger partial charge in [-0.3, -0.25) is 4.79 Å². The van der Waals surface area contributed by atoms with Gasteiger partial charge in [0, 0.05) is 12.0 Å². The second-order valence-corrected chi connectivity index (χ2v) is 19.5. The Morgan fingerprint density at radius 3 is 2.29 bits per heavy atom. The van der Waals surface area contributed by atoms with E-state index in [-0.39, 0.29) is 43.5 Å². The maximum atomic E-state index is 13.2. The summed E-state index contributed by atoms with van der Waals surface area (Å²) in [6.45, 7) is 10.1. The first kappa shape index (κ1) is 41.2. The molecule has 1 heterocycles. The van der Waals surface area contributed by atoms with E-state index in [1.165, 1.54) is 0 Å². The van der Waals surface area contributed by atoms with Crippen LogP contribution in [0.4, 0.5) is 0 Å². The summed E-state index contributed by atoms with van der Waals surface area (Å²) in [4.78, 5) is 13.2. The van der Waals surface area contributed by atoms with Crippen molar-refractivity contribution in [2.75, 3.05) is 19.8 Å². The predicted octanol–water partition coefficient (Wildman–Crippen LogP) is 3.17. The number of fused-ring (bicyclic) bond motifs is 7. The van der Waals surface area contributed by atoms with Crippen molar-refractivity contribution in [2.45, 2.75) is 142 Å². The quantitative estimate of drug-likeness (QED) is 0.135. The van der Waals surface area contributed by atoms with E-state index in [2.05, 4.69) is 26.8 Å². The molecule has 5 fully saturated rings.